The van der Waals surface area contributed by atoms with E-state index in [1.54, 1.807) is 18.2 Å². The van der Waals surface area contributed by atoms with Gasteiger partial charge in [-0.15, -0.1) is 0 Å². The molecule has 0 fully saturated rings. The van der Waals surface area contributed by atoms with E-state index in [9.17, 15) is 9.18 Å². The lowest BCUT2D eigenvalue weighted by Gasteiger charge is -2.08. The number of nitrogens with zero attached hydrogens (tertiary/aromatic N) is 1. The van der Waals surface area contributed by atoms with Crippen LogP contribution in [0.4, 0.5) is 4.39 Å². The number of ether oxygens (including phenoxy) is 1. The third-order valence-electron chi connectivity index (χ3n) is 2.72. The van der Waals surface area contributed by atoms with Crippen LogP contribution in [-0.4, -0.2) is 11.1 Å². The molecule has 106 valence electrons. The number of carbonyl (C=O) groups is 1. The quantitative estimate of drug-likeness (QED) is 0.912. The second-order valence-electron chi connectivity index (χ2n) is 4.16. The van der Waals surface area contributed by atoms with Gasteiger partial charge in [-0.05, 0) is 51.8 Å². The van der Waals surface area contributed by atoms with Crippen molar-refractivity contribution in [3.05, 3.63) is 63.4 Å². The van der Waals surface area contributed by atoms with Crippen LogP contribution in [0.1, 0.15) is 21.5 Å². The Morgan fingerprint density at radius 2 is 2.10 bits per heavy atom. The van der Waals surface area contributed by atoms with Gasteiger partial charge >= 0.3 is 5.97 Å². The first-order valence-corrected chi connectivity index (χ1v) is 6.64. The zero-order chi connectivity index (χ0) is 15.4. The Hall–Kier alpha value is -2.39. The van der Waals surface area contributed by atoms with Crippen LogP contribution in [0, 0.1) is 17.1 Å². The molecule has 0 unspecified atom stereocenters. The predicted molar refractivity (Wildman–Crippen MR) is 76.5 cm³/mol. The summed E-state index contributed by atoms with van der Waals surface area (Å²) in [6, 6.07) is 10.4. The second kappa shape index (κ2) is 6.37. The van der Waals surface area contributed by atoms with Crippen LogP contribution in [0.15, 0.2) is 40.9 Å². The highest BCUT2D eigenvalue weighted by Gasteiger charge is 2.10. The topological polar surface area (TPSA) is 70.3 Å². The van der Waals surface area contributed by atoms with Gasteiger partial charge in [-0.25, -0.2) is 9.18 Å². The predicted octanol–water partition coefficient (Wildman–Crippen LogP) is 3.74. The molecule has 0 aromatic heterocycles. The zero-order valence-electron chi connectivity index (χ0n) is 10.6. The zero-order valence-corrected chi connectivity index (χ0v) is 12.2. The fraction of sp³-hybridized carbons (Fsp3) is 0.0667. The summed E-state index contributed by atoms with van der Waals surface area (Å²) >= 11 is 3.14. The number of carboxylic acids is 1. The summed E-state index contributed by atoms with van der Waals surface area (Å²) in [5.74, 6) is -1.28. The van der Waals surface area contributed by atoms with Crippen molar-refractivity contribution in [3.8, 4) is 11.8 Å². The molecule has 2 rings (SSSR count). The van der Waals surface area contributed by atoms with Crippen LogP contribution in [0.3, 0.4) is 0 Å². The Labute approximate surface area is 128 Å². The monoisotopic (exact) mass is 349 g/mol. The second-order valence-corrected chi connectivity index (χ2v) is 5.02. The maximum Gasteiger partial charge on any atom is 0.336 e. The normalized spacial score (nSPS) is 9.95. The Morgan fingerprint density at radius 1 is 1.33 bits per heavy atom. The van der Waals surface area contributed by atoms with Crippen molar-refractivity contribution in [2.24, 2.45) is 0 Å². The molecule has 0 heterocycles. The van der Waals surface area contributed by atoms with Crippen LogP contribution in [0.5, 0.6) is 5.75 Å². The van der Waals surface area contributed by atoms with E-state index in [-0.39, 0.29) is 17.7 Å². The summed E-state index contributed by atoms with van der Waals surface area (Å²) in [6.07, 6.45) is 0. The van der Waals surface area contributed by atoms with E-state index >= 15 is 0 Å². The van der Waals surface area contributed by atoms with Gasteiger partial charge in [0.25, 0.3) is 0 Å². The molecule has 2 aromatic rings. The highest BCUT2D eigenvalue weighted by Crippen LogP contribution is 2.23. The molecule has 0 atom stereocenters. The molecule has 0 aliphatic heterocycles. The van der Waals surface area contributed by atoms with Gasteiger partial charge in [0.05, 0.1) is 11.1 Å². The van der Waals surface area contributed by atoms with Crippen molar-refractivity contribution < 1.29 is 19.0 Å². The SMILES string of the molecule is N#Cc1cc(COc2ccc(Br)c(C(=O)O)c2)ccc1F. The van der Waals surface area contributed by atoms with Gasteiger partial charge in [-0.3, -0.25) is 0 Å². The molecule has 0 bridgehead atoms. The Kier molecular flexibility index (Phi) is 4.55. The van der Waals surface area contributed by atoms with Gasteiger partial charge in [-0.1, -0.05) is 6.07 Å². The summed E-state index contributed by atoms with van der Waals surface area (Å²) in [7, 11) is 0. The van der Waals surface area contributed by atoms with Crippen molar-refractivity contribution in [1.29, 1.82) is 5.26 Å². The highest BCUT2D eigenvalue weighted by atomic mass is 79.9. The number of hydrogen-bond acceptors (Lipinski definition) is 3. The lowest BCUT2D eigenvalue weighted by molar-refractivity contribution is 0.0695. The number of aromatic carboxylic acids is 1. The lowest BCUT2D eigenvalue weighted by Crippen LogP contribution is -2.01. The first-order chi connectivity index (χ1) is 10.0. The van der Waals surface area contributed by atoms with E-state index in [0.29, 0.717) is 15.8 Å². The van der Waals surface area contributed by atoms with Gasteiger partial charge < -0.3 is 9.84 Å². The Balaban J connectivity index is 2.15. The molecule has 0 radical (unpaired) electrons. The van der Waals surface area contributed by atoms with Gasteiger partial charge in [0.15, 0.2) is 0 Å². The van der Waals surface area contributed by atoms with E-state index in [4.69, 9.17) is 15.1 Å². The summed E-state index contributed by atoms with van der Waals surface area (Å²) in [5.41, 5.74) is 0.648. The first-order valence-electron chi connectivity index (χ1n) is 5.85. The summed E-state index contributed by atoms with van der Waals surface area (Å²) in [6.45, 7) is 0.107. The molecule has 0 saturated heterocycles. The van der Waals surface area contributed by atoms with Crippen LogP contribution >= 0.6 is 15.9 Å². The molecule has 0 aliphatic rings. The molecule has 0 saturated carbocycles. The van der Waals surface area contributed by atoms with Crippen molar-refractivity contribution >= 4 is 21.9 Å². The number of halogens is 2. The number of hydrogen-bond donors (Lipinski definition) is 1. The molecule has 6 heteroatoms. The largest absolute Gasteiger partial charge is 0.489 e. The Bertz CT molecular complexity index is 740. The minimum Gasteiger partial charge on any atom is -0.489 e. The molecule has 0 aliphatic carbocycles. The summed E-state index contributed by atoms with van der Waals surface area (Å²) < 4.78 is 19.1. The lowest BCUT2D eigenvalue weighted by atomic mass is 10.1. The third-order valence-corrected chi connectivity index (χ3v) is 3.42. The van der Waals surface area contributed by atoms with Gasteiger partial charge in [0, 0.05) is 4.47 Å². The van der Waals surface area contributed by atoms with E-state index in [0.717, 1.165) is 0 Å². The van der Waals surface area contributed by atoms with Gasteiger partial charge in [0.1, 0.15) is 24.2 Å². The third kappa shape index (κ3) is 3.58. The van der Waals surface area contributed by atoms with E-state index in [1.165, 1.54) is 24.3 Å². The molecule has 4 nitrogen and oxygen atoms in total. The number of benzene rings is 2. The van der Waals surface area contributed by atoms with Gasteiger partial charge in [0.2, 0.25) is 0 Å². The minimum absolute atomic E-state index is 0.0573. The van der Waals surface area contributed by atoms with Crippen molar-refractivity contribution in [2.75, 3.05) is 0 Å². The fourth-order valence-electron chi connectivity index (χ4n) is 1.67. The molecule has 2 aromatic carbocycles. The molecule has 0 amide bonds. The van der Waals surface area contributed by atoms with Crippen LogP contribution in [-0.2, 0) is 6.61 Å². The molecule has 0 spiro atoms. The number of rotatable bonds is 4. The first kappa shape index (κ1) is 15.0. The van der Waals surface area contributed by atoms with E-state index in [1.807, 2.05) is 0 Å². The molecular weight excluding hydrogens is 341 g/mol. The smallest absolute Gasteiger partial charge is 0.336 e. The maximum absolute atomic E-state index is 13.2. The van der Waals surface area contributed by atoms with Crippen molar-refractivity contribution in [2.45, 2.75) is 6.61 Å². The molecule has 1 N–H and O–H groups in total. The Morgan fingerprint density at radius 3 is 2.76 bits per heavy atom. The summed E-state index contributed by atoms with van der Waals surface area (Å²) in [4.78, 5) is 11.0. The maximum atomic E-state index is 13.2. The van der Waals surface area contributed by atoms with Gasteiger partial charge in [-0.2, -0.15) is 5.26 Å². The average Bonchev–Trinajstić information content (AvgIpc) is 2.47. The minimum atomic E-state index is -1.07. The van der Waals surface area contributed by atoms with Crippen LogP contribution in [0.25, 0.3) is 0 Å². The summed E-state index contributed by atoms with van der Waals surface area (Å²) in [5, 5.41) is 17.8. The van der Waals surface area contributed by atoms with Crippen LogP contribution < -0.4 is 4.74 Å². The van der Waals surface area contributed by atoms with Crippen LogP contribution in [0.2, 0.25) is 0 Å². The van der Waals surface area contributed by atoms with E-state index in [2.05, 4.69) is 15.9 Å². The average molecular weight is 350 g/mol. The number of carboxylic acid groups (broad SMARTS) is 1. The van der Waals surface area contributed by atoms with E-state index < -0.39 is 11.8 Å². The molecular formula is C15H9BrFNO3. The van der Waals surface area contributed by atoms with Crippen molar-refractivity contribution in [1.82, 2.24) is 0 Å². The fourth-order valence-corrected chi connectivity index (χ4v) is 2.09. The van der Waals surface area contributed by atoms with Crippen molar-refractivity contribution in [3.63, 3.8) is 0 Å². The molecule has 21 heavy (non-hydrogen) atoms. The number of nitriles is 1. The standard InChI is InChI=1S/C15H9BrFNO3/c16-13-3-2-11(6-12(13)15(19)20)21-8-9-1-4-14(17)10(5-9)7-18/h1-6H,8H2,(H,19,20). The highest BCUT2D eigenvalue weighted by molar-refractivity contribution is 9.10.